The van der Waals surface area contributed by atoms with Crippen molar-refractivity contribution in [1.29, 1.82) is 0 Å². The zero-order valence-electron chi connectivity index (χ0n) is 20.9. The third kappa shape index (κ3) is 6.51. The standard InChI is InChI=1S/C27H31ClN2O4S.ClH/c1-18(2)29(17-22-7-5-13-33-22)12-6-14-34-25-11-9-21(32-4)16-23(25)27-30(19(3)31)24-10-8-20(28)15-26(24)35-27;/h5,7-11,13,15-16,18,27H,6,12,14,17H2,1-4H3;1H. The summed E-state index contributed by atoms with van der Waals surface area (Å²) in [5.41, 5.74) is 1.75. The van der Waals surface area contributed by atoms with E-state index in [0.717, 1.165) is 52.9 Å². The first-order valence-corrected chi connectivity index (χ1v) is 13.0. The maximum absolute atomic E-state index is 12.7. The average molecular weight is 552 g/mol. The zero-order valence-corrected chi connectivity index (χ0v) is 23.3. The summed E-state index contributed by atoms with van der Waals surface area (Å²) >= 11 is 7.82. The maximum atomic E-state index is 12.7. The number of hydrogen-bond acceptors (Lipinski definition) is 6. The van der Waals surface area contributed by atoms with Gasteiger partial charge in [0.05, 0.1) is 32.2 Å². The van der Waals surface area contributed by atoms with Crippen LogP contribution in [0.25, 0.3) is 0 Å². The number of carbonyl (C=O) groups excluding carboxylic acids is 1. The topological polar surface area (TPSA) is 55.2 Å². The van der Waals surface area contributed by atoms with Gasteiger partial charge in [-0.05, 0) is 68.8 Å². The van der Waals surface area contributed by atoms with Crippen molar-refractivity contribution >= 4 is 47.4 Å². The van der Waals surface area contributed by atoms with E-state index in [1.807, 2.05) is 48.5 Å². The lowest BCUT2D eigenvalue weighted by molar-refractivity contribution is -0.116. The number of hydrogen-bond donors (Lipinski definition) is 0. The Morgan fingerprint density at radius 2 is 2.03 bits per heavy atom. The molecule has 0 aliphatic carbocycles. The van der Waals surface area contributed by atoms with E-state index in [-0.39, 0.29) is 23.7 Å². The second-order valence-corrected chi connectivity index (χ2v) is 10.3. The molecule has 2 aromatic carbocycles. The van der Waals surface area contributed by atoms with Gasteiger partial charge in [0.1, 0.15) is 22.6 Å². The van der Waals surface area contributed by atoms with E-state index in [1.165, 1.54) is 0 Å². The van der Waals surface area contributed by atoms with Gasteiger partial charge in [-0.25, -0.2) is 0 Å². The third-order valence-electron chi connectivity index (χ3n) is 5.99. The molecule has 4 rings (SSSR count). The number of halogens is 2. The Kier molecular flexibility index (Phi) is 10.0. The number of rotatable bonds is 10. The summed E-state index contributed by atoms with van der Waals surface area (Å²) in [5.74, 6) is 2.38. The SMILES string of the molecule is COc1ccc(OCCCN(Cc2ccco2)C(C)C)c(C2Sc3cc(Cl)ccc3N2C(C)=O)c1.Cl. The molecular formula is C27H32Cl2N2O4S. The summed E-state index contributed by atoms with van der Waals surface area (Å²) < 4.78 is 17.3. The van der Waals surface area contributed by atoms with Crippen LogP contribution in [0.2, 0.25) is 5.02 Å². The molecule has 1 atom stereocenters. The van der Waals surface area contributed by atoms with Crippen LogP contribution in [0, 0.1) is 0 Å². The van der Waals surface area contributed by atoms with Crippen LogP contribution in [0.5, 0.6) is 11.5 Å². The average Bonchev–Trinajstić information content (AvgIpc) is 3.48. The summed E-state index contributed by atoms with van der Waals surface area (Å²) in [6.45, 7) is 8.15. The molecule has 1 unspecified atom stereocenters. The van der Waals surface area contributed by atoms with Crippen LogP contribution in [0.3, 0.4) is 0 Å². The van der Waals surface area contributed by atoms with Crippen molar-refractivity contribution in [2.45, 2.75) is 50.0 Å². The number of thioether (sulfide) groups is 1. The summed E-state index contributed by atoms with van der Waals surface area (Å²) in [4.78, 5) is 17.8. The molecule has 0 fully saturated rings. The number of benzene rings is 2. The summed E-state index contributed by atoms with van der Waals surface area (Å²) in [5, 5.41) is 0.379. The Morgan fingerprint density at radius 3 is 2.69 bits per heavy atom. The minimum atomic E-state index is -0.266. The highest BCUT2D eigenvalue weighted by Crippen LogP contribution is 2.54. The van der Waals surface area contributed by atoms with Crippen molar-refractivity contribution < 1.29 is 18.7 Å². The van der Waals surface area contributed by atoms with Gasteiger partial charge in [-0.1, -0.05) is 23.4 Å². The number of nitrogens with zero attached hydrogens (tertiary/aromatic N) is 2. The van der Waals surface area contributed by atoms with Gasteiger partial charge in [-0.2, -0.15) is 0 Å². The first-order chi connectivity index (χ1) is 16.9. The molecule has 1 aliphatic heterocycles. The summed E-state index contributed by atoms with van der Waals surface area (Å²) in [6, 6.07) is 15.7. The second kappa shape index (κ2) is 12.8. The minimum absolute atomic E-state index is 0. The molecule has 6 nitrogen and oxygen atoms in total. The Bertz CT molecular complexity index is 1160. The molecule has 1 aromatic heterocycles. The Balaban J connectivity index is 0.00000361. The number of fused-ring (bicyclic) bond motifs is 1. The molecule has 0 bridgehead atoms. The Morgan fingerprint density at radius 1 is 1.22 bits per heavy atom. The van der Waals surface area contributed by atoms with Gasteiger partial charge in [-0.15, -0.1) is 12.4 Å². The van der Waals surface area contributed by atoms with Crippen molar-refractivity contribution in [2.24, 2.45) is 0 Å². The number of ether oxygens (including phenoxy) is 2. The van der Waals surface area contributed by atoms with E-state index in [4.69, 9.17) is 25.5 Å². The monoisotopic (exact) mass is 550 g/mol. The number of anilines is 1. The number of amides is 1. The van der Waals surface area contributed by atoms with Crippen molar-refractivity contribution in [3.8, 4) is 11.5 Å². The van der Waals surface area contributed by atoms with Crippen LogP contribution in [0.1, 0.15) is 43.9 Å². The van der Waals surface area contributed by atoms with E-state index < -0.39 is 0 Å². The fraction of sp³-hybridized carbons (Fsp3) is 0.370. The van der Waals surface area contributed by atoms with Gasteiger partial charge in [-0.3, -0.25) is 14.6 Å². The molecule has 0 N–H and O–H groups in total. The van der Waals surface area contributed by atoms with Gasteiger partial charge in [0, 0.05) is 35.0 Å². The van der Waals surface area contributed by atoms with E-state index in [2.05, 4.69) is 18.7 Å². The van der Waals surface area contributed by atoms with Crippen molar-refractivity contribution in [3.63, 3.8) is 0 Å². The molecule has 0 saturated carbocycles. The molecule has 0 saturated heterocycles. The number of carbonyl (C=O) groups is 1. The molecular weight excluding hydrogens is 519 g/mol. The molecule has 194 valence electrons. The van der Waals surface area contributed by atoms with Crippen molar-refractivity contribution in [3.05, 3.63) is 71.1 Å². The first kappa shape index (κ1) is 28.3. The molecule has 1 aliphatic rings. The molecule has 36 heavy (non-hydrogen) atoms. The molecule has 9 heteroatoms. The van der Waals surface area contributed by atoms with Gasteiger partial charge in [0.15, 0.2) is 0 Å². The van der Waals surface area contributed by atoms with Crippen LogP contribution in [-0.2, 0) is 11.3 Å². The van der Waals surface area contributed by atoms with Crippen molar-refractivity contribution in [1.82, 2.24) is 4.90 Å². The zero-order chi connectivity index (χ0) is 24.9. The minimum Gasteiger partial charge on any atom is -0.497 e. The van der Waals surface area contributed by atoms with Gasteiger partial charge in [0.25, 0.3) is 0 Å². The quantitative estimate of drug-likeness (QED) is 0.249. The number of furan rings is 1. The predicted molar refractivity (Wildman–Crippen MR) is 148 cm³/mol. The molecule has 0 spiro atoms. The fourth-order valence-corrected chi connectivity index (χ4v) is 5.81. The largest absolute Gasteiger partial charge is 0.497 e. The lowest BCUT2D eigenvalue weighted by atomic mass is 10.1. The van der Waals surface area contributed by atoms with Gasteiger partial charge >= 0.3 is 0 Å². The van der Waals surface area contributed by atoms with Crippen LogP contribution in [0.4, 0.5) is 5.69 Å². The van der Waals surface area contributed by atoms with Gasteiger partial charge < -0.3 is 13.9 Å². The van der Waals surface area contributed by atoms with E-state index >= 15 is 0 Å². The highest BCUT2D eigenvalue weighted by Gasteiger charge is 2.36. The highest BCUT2D eigenvalue weighted by molar-refractivity contribution is 8.00. The summed E-state index contributed by atoms with van der Waals surface area (Å²) in [7, 11) is 1.64. The van der Waals surface area contributed by atoms with Gasteiger partial charge in [0.2, 0.25) is 5.91 Å². The molecule has 2 heterocycles. The summed E-state index contributed by atoms with van der Waals surface area (Å²) in [6.07, 6.45) is 2.56. The van der Waals surface area contributed by atoms with E-state index in [9.17, 15) is 4.79 Å². The van der Waals surface area contributed by atoms with Crippen molar-refractivity contribution in [2.75, 3.05) is 25.2 Å². The van der Waals surface area contributed by atoms with Crippen LogP contribution < -0.4 is 14.4 Å². The smallest absolute Gasteiger partial charge is 0.225 e. The predicted octanol–water partition coefficient (Wildman–Crippen LogP) is 7.20. The Hall–Kier alpha value is -2.32. The van der Waals surface area contributed by atoms with E-state index in [1.54, 1.807) is 37.0 Å². The lowest BCUT2D eigenvalue weighted by Crippen LogP contribution is -2.32. The van der Waals surface area contributed by atoms with Crippen LogP contribution >= 0.6 is 35.8 Å². The molecule has 3 aromatic rings. The second-order valence-electron chi connectivity index (χ2n) is 8.72. The first-order valence-electron chi connectivity index (χ1n) is 11.7. The number of methoxy groups -OCH3 is 1. The molecule has 0 radical (unpaired) electrons. The lowest BCUT2D eigenvalue weighted by Gasteiger charge is -2.27. The van der Waals surface area contributed by atoms with E-state index in [0.29, 0.717) is 17.7 Å². The van der Waals surface area contributed by atoms with Crippen LogP contribution in [0.15, 0.2) is 64.1 Å². The fourth-order valence-electron chi connectivity index (χ4n) is 4.17. The maximum Gasteiger partial charge on any atom is 0.225 e. The Labute approximate surface area is 228 Å². The highest BCUT2D eigenvalue weighted by atomic mass is 35.5. The van der Waals surface area contributed by atoms with Crippen LogP contribution in [-0.4, -0.2) is 37.1 Å². The normalized spacial score (nSPS) is 14.6. The third-order valence-corrected chi connectivity index (χ3v) is 7.50. The molecule has 1 amide bonds.